The summed E-state index contributed by atoms with van der Waals surface area (Å²) in [5, 5.41) is 14.3. The quantitative estimate of drug-likeness (QED) is 0.505. The Bertz CT molecular complexity index is 1160. The highest BCUT2D eigenvalue weighted by molar-refractivity contribution is 6.00. The number of primary amides is 1. The van der Waals surface area contributed by atoms with Crippen LogP contribution in [-0.2, 0) is 0 Å². The molecule has 3 N–H and O–H groups in total. The topological polar surface area (TPSA) is 121 Å². The zero-order chi connectivity index (χ0) is 25.0. The number of halogens is 2. The molecule has 1 amide bonds. The third-order valence-corrected chi connectivity index (χ3v) is 5.05. The highest BCUT2D eigenvalue weighted by Gasteiger charge is 2.25. The van der Waals surface area contributed by atoms with Crippen molar-refractivity contribution in [3.8, 4) is 28.4 Å². The summed E-state index contributed by atoms with van der Waals surface area (Å²) in [5.74, 6) is -1.05. The number of hydrogen-bond acceptors (Lipinski definition) is 7. The van der Waals surface area contributed by atoms with Gasteiger partial charge in [0.05, 0.1) is 31.3 Å². The molecule has 1 saturated carbocycles. The van der Waals surface area contributed by atoms with E-state index in [-0.39, 0.29) is 11.3 Å². The summed E-state index contributed by atoms with van der Waals surface area (Å²) in [5.41, 5.74) is 5.17. The molecule has 1 fully saturated rings. The third kappa shape index (κ3) is 6.10. The van der Waals surface area contributed by atoms with Gasteiger partial charge in [-0.3, -0.25) is 4.79 Å². The standard InChI is InChI=1S/C20H22F2N4O5.C3H6/c1-10(20(2,3)28)30-12-7-24-18-13(8-25-26(18)9-12)11-5-14(29-4)16(17(23)27)15(6-11)31-19(21)22;1-2-3-1/h5-10,19,28H,1-4H3,(H2,23,27);1-3H2. The van der Waals surface area contributed by atoms with Crippen molar-refractivity contribution in [3.05, 3.63) is 36.3 Å². The van der Waals surface area contributed by atoms with Gasteiger partial charge in [0.2, 0.25) is 0 Å². The average molecular weight is 478 g/mol. The molecule has 0 spiro atoms. The number of hydrogen-bond donors (Lipinski definition) is 2. The number of nitrogens with two attached hydrogens (primary N) is 1. The van der Waals surface area contributed by atoms with Crippen LogP contribution in [0.2, 0.25) is 0 Å². The normalized spacial score (nSPS) is 13.8. The Morgan fingerprint density at radius 2 is 1.82 bits per heavy atom. The molecule has 34 heavy (non-hydrogen) atoms. The van der Waals surface area contributed by atoms with E-state index in [4.69, 9.17) is 15.2 Å². The molecular weight excluding hydrogens is 450 g/mol. The van der Waals surface area contributed by atoms with Gasteiger partial charge < -0.3 is 25.1 Å². The fourth-order valence-electron chi connectivity index (χ4n) is 2.81. The van der Waals surface area contributed by atoms with E-state index in [9.17, 15) is 18.7 Å². The second kappa shape index (κ2) is 10.2. The third-order valence-electron chi connectivity index (χ3n) is 5.05. The summed E-state index contributed by atoms with van der Waals surface area (Å²) < 4.78 is 42.5. The fourth-order valence-corrected chi connectivity index (χ4v) is 2.81. The number of nitrogens with zero attached hydrogens (tertiary/aromatic N) is 3. The second-order valence-electron chi connectivity index (χ2n) is 8.38. The van der Waals surface area contributed by atoms with E-state index < -0.39 is 30.0 Å². The summed E-state index contributed by atoms with van der Waals surface area (Å²) in [6, 6.07) is 2.70. The molecule has 1 unspecified atom stereocenters. The van der Waals surface area contributed by atoms with E-state index in [2.05, 4.69) is 14.8 Å². The molecule has 9 nitrogen and oxygen atoms in total. The monoisotopic (exact) mass is 478 g/mol. The number of aromatic nitrogens is 3. The first-order valence-electron chi connectivity index (χ1n) is 10.7. The van der Waals surface area contributed by atoms with Crippen LogP contribution in [0.1, 0.15) is 50.4 Å². The van der Waals surface area contributed by atoms with Gasteiger partial charge in [-0.2, -0.15) is 13.9 Å². The Labute approximate surface area is 195 Å². The van der Waals surface area contributed by atoms with Gasteiger partial charge in [0.15, 0.2) is 11.4 Å². The van der Waals surface area contributed by atoms with E-state index in [0.717, 1.165) is 0 Å². The lowest BCUT2D eigenvalue weighted by Gasteiger charge is -2.26. The number of alkyl halides is 2. The van der Waals surface area contributed by atoms with Gasteiger partial charge in [-0.05, 0) is 38.5 Å². The van der Waals surface area contributed by atoms with Crippen LogP contribution in [0, 0.1) is 0 Å². The minimum atomic E-state index is -3.17. The molecule has 1 aromatic carbocycles. The van der Waals surface area contributed by atoms with Crippen LogP contribution in [0.4, 0.5) is 8.78 Å². The number of rotatable bonds is 8. The molecule has 0 saturated heterocycles. The maximum atomic E-state index is 12.9. The molecule has 11 heteroatoms. The number of aliphatic hydroxyl groups is 1. The average Bonchev–Trinajstić information content (AvgIpc) is 3.58. The van der Waals surface area contributed by atoms with Crippen molar-refractivity contribution in [2.45, 2.75) is 58.4 Å². The molecule has 0 bridgehead atoms. The summed E-state index contributed by atoms with van der Waals surface area (Å²) in [7, 11) is 1.28. The van der Waals surface area contributed by atoms with Crippen LogP contribution in [0.3, 0.4) is 0 Å². The molecule has 2 heterocycles. The van der Waals surface area contributed by atoms with Crippen molar-refractivity contribution in [2.24, 2.45) is 5.73 Å². The fraction of sp³-hybridized carbons (Fsp3) is 0.435. The molecule has 3 aromatic rings. The van der Waals surface area contributed by atoms with E-state index >= 15 is 0 Å². The lowest BCUT2D eigenvalue weighted by atomic mass is 10.0. The van der Waals surface area contributed by atoms with Crippen molar-refractivity contribution in [1.82, 2.24) is 14.6 Å². The van der Waals surface area contributed by atoms with E-state index in [0.29, 0.717) is 22.5 Å². The molecule has 0 radical (unpaired) electrons. The van der Waals surface area contributed by atoms with Crippen molar-refractivity contribution in [3.63, 3.8) is 0 Å². The highest BCUT2D eigenvalue weighted by Crippen LogP contribution is 2.37. The Balaban J connectivity index is 0.000000999. The Morgan fingerprint density at radius 1 is 1.18 bits per heavy atom. The molecule has 184 valence electrons. The predicted octanol–water partition coefficient (Wildman–Crippen LogP) is 3.81. The van der Waals surface area contributed by atoms with Crippen LogP contribution in [0.25, 0.3) is 16.8 Å². The molecule has 1 aliphatic rings. The van der Waals surface area contributed by atoms with Gasteiger partial charge in [-0.1, -0.05) is 19.3 Å². The molecule has 0 aliphatic heterocycles. The smallest absolute Gasteiger partial charge is 0.387 e. The van der Waals surface area contributed by atoms with Crippen LogP contribution >= 0.6 is 0 Å². The molecular formula is C23H28F2N4O5. The summed E-state index contributed by atoms with van der Waals surface area (Å²) >= 11 is 0. The first-order valence-corrected chi connectivity index (χ1v) is 10.7. The van der Waals surface area contributed by atoms with Gasteiger partial charge in [0.1, 0.15) is 23.2 Å². The number of carbonyl (C=O) groups is 1. The SMILES string of the molecule is C1CC1.COc1cc(-c2cnn3cc(OC(C)C(C)(C)O)cnc23)cc(OC(F)F)c1C(N)=O. The van der Waals surface area contributed by atoms with Gasteiger partial charge in [0, 0.05) is 5.56 Å². The number of methoxy groups -OCH3 is 1. The Morgan fingerprint density at radius 3 is 2.35 bits per heavy atom. The van der Waals surface area contributed by atoms with Crippen molar-refractivity contribution in [1.29, 1.82) is 0 Å². The van der Waals surface area contributed by atoms with Gasteiger partial charge in [-0.15, -0.1) is 0 Å². The number of fused-ring (bicyclic) bond motifs is 1. The Kier molecular flexibility index (Phi) is 7.55. The molecule has 4 rings (SSSR count). The van der Waals surface area contributed by atoms with Gasteiger partial charge >= 0.3 is 6.61 Å². The zero-order valence-electron chi connectivity index (χ0n) is 19.4. The predicted molar refractivity (Wildman–Crippen MR) is 120 cm³/mol. The van der Waals surface area contributed by atoms with Crippen molar-refractivity contribution < 1.29 is 32.9 Å². The summed E-state index contributed by atoms with van der Waals surface area (Å²) in [6.07, 6.45) is 8.48. The van der Waals surface area contributed by atoms with Crippen LogP contribution < -0.4 is 19.9 Å². The van der Waals surface area contributed by atoms with Crippen LogP contribution in [-0.4, -0.2) is 51.0 Å². The van der Waals surface area contributed by atoms with Crippen molar-refractivity contribution in [2.75, 3.05) is 7.11 Å². The minimum absolute atomic E-state index is 0.0287. The first-order chi connectivity index (χ1) is 16.0. The van der Waals surface area contributed by atoms with E-state index in [1.165, 1.54) is 55.4 Å². The van der Waals surface area contributed by atoms with E-state index in [1.54, 1.807) is 27.0 Å². The number of carbonyl (C=O) groups excluding carboxylic acids is 1. The first kappa shape index (κ1) is 25.2. The summed E-state index contributed by atoms with van der Waals surface area (Å²) in [4.78, 5) is 16.1. The Hall–Kier alpha value is -3.47. The number of benzene rings is 1. The molecule has 2 aromatic heterocycles. The van der Waals surface area contributed by atoms with Crippen LogP contribution in [0.15, 0.2) is 30.7 Å². The lowest BCUT2D eigenvalue weighted by molar-refractivity contribution is -0.0502. The second-order valence-corrected chi connectivity index (χ2v) is 8.38. The van der Waals surface area contributed by atoms with Gasteiger partial charge in [0.25, 0.3) is 5.91 Å². The zero-order valence-corrected chi connectivity index (χ0v) is 19.4. The largest absolute Gasteiger partial charge is 0.496 e. The highest BCUT2D eigenvalue weighted by atomic mass is 19.3. The molecule has 1 aliphatic carbocycles. The maximum Gasteiger partial charge on any atom is 0.387 e. The summed E-state index contributed by atoms with van der Waals surface area (Å²) in [6.45, 7) is 1.79. The van der Waals surface area contributed by atoms with Gasteiger partial charge in [-0.25, -0.2) is 9.50 Å². The number of ether oxygens (including phenoxy) is 3. The van der Waals surface area contributed by atoms with Crippen molar-refractivity contribution >= 4 is 11.6 Å². The lowest BCUT2D eigenvalue weighted by Crippen LogP contribution is -2.37. The number of amides is 1. The van der Waals surface area contributed by atoms with E-state index in [1.807, 2.05) is 0 Å². The minimum Gasteiger partial charge on any atom is -0.496 e. The maximum absolute atomic E-state index is 12.9. The molecule has 1 atom stereocenters. The van der Waals surface area contributed by atoms with Crippen LogP contribution in [0.5, 0.6) is 17.2 Å².